The Bertz CT molecular complexity index is 270. The van der Waals surface area contributed by atoms with Gasteiger partial charge in [0.15, 0.2) is 0 Å². The fourth-order valence-corrected chi connectivity index (χ4v) is 3.02. The van der Waals surface area contributed by atoms with E-state index in [-0.39, 0.29) is 5.97 Å². The van der Waals surface area contributed by atoms with Gasteiger partial charge in [0.1, 0.15) is 0 Å². The van der Waals surface area contributed by atoms with Crippen molar-refractivity contribution in [3.63, 3.8) is 0 Å². The van der Waals surface area contributed by atoms with Crippen molar-refractivity contribution in [2.24, 2.45) is 0 Å². The zero-order valence-corrected chi connectivity index (χ0v) is 12.5. The minimum atomic E-state index is -0.302. The zero-order valence-electron chi connectivity index (χ0n) is 12.5. The smallest absolute Gasteiger partial charge is 0.330 e. The first kappa shape index (κ1) is 16.2. The lowest BCUT2D eigenvalue weighted by Crippen LogP contribution is -2.51. The van der Waals surface area contributed by atoms with Crippen LogP contribution in [0.3, 0.4) is 0 Å². The molecule has 0 radical (unpaired) electrons. The molecule has 3 heteroatoms. The van der Waals surface area contributed by atoms with Crippen molar-refractivity contribution in [2.75, 3.05) is 32.8 Å². The molecule has 1 aliphatic heterocycles. The average Bonchev–Trinajstić information content (AvgIpc) is 2.47. The minimum Gasteiger partial charge on any atom is -0.463 e. The van der Waals surface area contributed by atoms with E-state index in [2.05, 4.69) is 13.5 Å². The van der Waals surface area contributed by atoms with E-state index in [1.807, 2.05) is 0 Å². The molecule has 1 saturated heterocycles. The maximum Gasteiger partial charge on any atom is 0.330 e. The van der Waals surface area contributed by atoms with Crippen LogP contribution in [0.15, 0.2) is 12.7 Å². The molecule has 1 rings (SSSR count). The monoisotopic (exact) mass is 268 g/mol. The lowest BCUT2D eigenvalue weighted by atomic mass is 10.1. The third-order valence-electron chi connectivity index (χ3n) is 4.37. The summed E-state index contributed by atoms with van der Waals surface area (Å²) in [5.74, 6) is -0.302. The predicted octanol–water partition coefficient (Wildman–Crippen LogP) is 3.30. The van der Waals surface area contributed by atoms with Crippen LogP contribution < -0.4 is 0 Å². The summed E-state index contributed by atoms with van der Waals surface area (Å²) in [5, 5.41) is 0. The maximum atomic E-state index is 10.8. The Morgan fingerprint density at radius 1 is 1.16 bits per heavy atom. The SMILES string of the molecule is C=CC(=O)OCCCCCC[N+]1(CC)CCCCC1. The molecule has 0 aromatic carbocycles. The molecule has 1 aliphatic rings. The van der Waals surface area contributed by atoms with Crippen molar-refractivity contribution in [3.8, 4) is 0 Å². The summed E-state index contributed by atoms with van der Waals surface area (Å²) in [6, 6.07) is 0. The molecule has 0 N–H and O–H groups in total. The van der Waals surface area contributed by atoms with Crippen LogP contribution in [-0.4, -0.2) is 43.2 Å². The molecule has 0 unspecified atom stereocenters. The number of hydrogen-bond donors (Lipinski definition) is 0. The first-order chi connectivity index (χ1) is 9.22. The van der Waals surface area contributed by atoms with Gasteiger partial charge in [-0.05, 0) is 51.9 Å². The van der Waals surface area contributed by atoms with Crippen LogP contribution in [0.25, 0.3) is 0 Å². The summed E-state index contributed by atoms with van der Waals surface area (Å²) in [6.07, 6.45) is 10.2. The highest BCUT2D eigenvalue weighted by Crippen LogP contribution is 2.20. The van der Waals surface area contributed by atoms with Gasteiger partial charge in [0.25, 0.3) is 0 Å². The number of quaternary nitrogens is 1. The Hall–Kier alpha value is -0.830. The topological polar surface area (TPSA) is 26.3 Å². The van der Waals surface area contributed by atoms with Crippen molar-refractivity contribution in [1.29, 1.82) is 0 Å². The van der Waals surface area contributed by atoms with Gasteiger partial charge in [0, 0.05) is 6.08 Å². The van der Waals surface area contributed by atoms with Crippen molar-refractivity contribution in [1.82, 2.24) is 0 Å². The van der Waals surface area contributed by atoms with E-state index in [1.54, 1.807) is 0 Å². The maximum absolute atomic E-state index is 10.8. The predicted molar refractivity (Wildman–Crippen MR) is 78.9 cm³/mol. The molecule has 0 saturated carbocycles. The van der Waals surface area contributed by atoms with Gasteiger partial charge in [0.05, 0.1) is 32.8 Å². The second kappa shape index (κ2) is 9.13. The van der Waals surface area contributed by atoms with Crippen LogP contribution >= 0.6 is 0 Å². The van der Waals surface area contributed by atoms with Gasteiger partial charge < -0.3 is 9.22 Å². The molecule has 0 atom stereocenters. The van der Waals surface area contributed by atoms with Crippen molar-refractivity contribution in [3.05, 3.63) is 12.7 Å². The first-order valence-corrected chi connectivity index (χ1v) is 7.87. The van der Waals surface area contributed by atoms with E-state index in [9.17, 15) is 4.79 Å². The molecule has 0 amide bonds. The van der Waals surface area contributed by atoms with Gasteiger partial charge in [-0.2, -0.15) is 0 Å². The highest BCUT2D eigenvalue weighted by Gasteiger charge is 2.26. The van der Waals surface area contributed by atoms with Crippen LogP contribution in [0.5, 0.6) is 0 Å². The van der Waals surface area contributed by atoms with Crippen LogP contribution in [-0.2, 0) is 9.53 Å². The number of unbranched alkanes of at least 4 members (excludes halogenated alkanes) is 3. The highest BCUT2D eigenvalue weighted by atomic mass is 16.5. The van der Waals surface area contributed by atoms with Crippen LogP contribution in [0.2, 0.25) is 0 Å². The second-order valence-electron chi connectivity index (χ2n) is 5.68. The highest BCUT2D eigenvalue weighted by molar-refractivity contribution is 5.81. The summed E-state index contributed by atoms with van der Waals surface area (Å²) in [4.78, 5) is 10.8. The molecule has 19 heavy (non-hydrogen) atoms. The molecule has 110 valence electrons. The number of nitrogens with zero attached hydrogens (tertiary/aromatic N) is 1. The number of piperidine rings is 1. The second-order valence-corrected chi connectivity index (χ2v) is 5.68. The average molecular weight is 268 g/mol. The fourth-order valence-electron chi connectivity index (χ4n) is 3.02. The molecule has 1 fully saturated rings. The normalized spacial score (nSPS) is 17.9. The van der Waals surface area contributed by atoms with Crippen molar-refractivity contribution >= 4 is 5.97 Å². The van der Waals surface area contributed by atoms with Gasteiger partial charge in [-0.3, -0.25) is 0 Å². The van der Waals surface area contributed by atoms with Gasteiger partial charge in [-0.25, -0.2) is 4.79 Å². The van der Waals surface area contributed by atoms with Gasteiger partial charge in [0.2, 0.25) is 0 Å². The minimum absolute atomic E-state index is 0.302. The third-order valence-corrected chi connectivity index (χ3v) is 4.37. The van der Waals surface area contributed by atoms with E-state index in [4.69, 9.17) is 4.74 Å². The molecular weight excluding hydrogens is 238 g/mol. The summed E-state index contributed by atoms with van der Waals surface area (Å²) >= 11 is 0. The van der Waals surface area contributed by atoms with Gasteiger partial charge in [-0.15, -0.1) is 0 Å². The van der Waals surface area contributed by atoms with E-state index >= 15 is 0 Å². The number of carbonyl (C=O) groups is 1. The molecule has 0 aromatic rings. The molecule has 0 aromatic heterocycles. The Morgan fingerprint density at radius 2 is 1.84 bits per heavy atom. The Morgan fingerprint density at radius 3 is 2.47 bits per heavy atom. The largest absolute Gasteiger partial charge is 0.463 e. The number of hydrogen-bond acceptors (Lipinski definition) is 2. The van der Waals surface area contributed by atoms with Crippen molar-refractivity contribution < 1.29 is 14.0 Å². The fraction of sp³-hybridized carbons (Fsp3) is 0.812. The van der Waals surface area contributed by atoms with Gasteiger partial charge in [-0.1, -0.05) is 6.58 Å². The Balaban J connectivity index is 2.03. The van der Waals surface area contributed by atoms with Crippen LogP contribution in [0.4, 0.5) is 0 Å². The number of rotatable bonds is 9. The lowest BCUT2D eigenvalue weighted by molar-refractivity contribution is -0.931. The molecule has 0 spiro atoms. The van der Waals surface area contributed by atoms with Crippen LogP contribution in [0.1, 0.15) is 51.9 Å². The summed E-state index contributed by atoms with van der Waals surface area (Å²) in [5.41, 5.74) is 0. The number of ether oxygens (including phenoxy) is 1. The zero-order chi connectivity index (χ0) is 14.0. The van der Waals surface area contributed by atoms with E-state index in [1.165, 1.54) is 68.8 Å². The number of esters is 1. The van der Waals surface area contributed by atoms with E-state index < -0.39 is 0 Å². The van der Waals surface area contributed by atoms with Gasteiger partial charge >= 0.3 is 5.97 Å². The molecule has 3 nitrogen and oxygen atoms in total. The van der Waals surface area contributed by atoms with Crippen molar-refractivity contribution in [2.45, 2.75) is 51.9 Å². The van der Waals surface area contributed by atoms with Crippen LogP contribution in [0, 0.1) is 0 Å². The standard InChI is InChI=1S/C16H30NO2/c1-3-16(18)19-15-11-6-5-8-12-17(4-2)13-9-7-10-14-17/h3H,1,4-15H2,2H3/q+1. The lowest BCUT2D eigenvalue weighted by Gasteiger charge is -2.41. The summed E-state index contributed by atoms with van der Waals surface area (Å²) < 4.78 is 6.31. The molecule has 1 heterocycles. The van der Waals surface area contributed by atoms with E-state index in [0.29, 0.717) is 6.61 Å². The Kier molecular flexibility index (Phi) is 7.80. The molecule has 0 bridgehead atoms. The third kappa shape index (κ3) is 6.24. The summed E-state index contributed by atoms with van der Waals surface area (Å²) in [6.45, 7) is 11.6. The Labute approximate surface area is 118 Å². The molecule has 0 aliphatic carbocycles. The first-order valence-electron chi connectivity index (χ1n) is 7.87. The summed E-state index contributed by atoms with van der Waals surface area (Å²) in [7, 11) is 0. The van der Waals surface area contributed by atoms with E-state index in [0.717, 1.165) is 12.8 Å². The number of carbonyl (C=O) groups excluding carboxylic acids is 1. The molecular formula is C16H30NO2+. The quantitative estimate of drug-likeness (QED) is 0.277. The number of likely N-dealkylation sites (tertiary alicyclic amines) is 1.